The summed E-state index contributed by atoms with van der Waals surface area (Å²) in [5, 5.41) is 3.30. The predicted octanol–water partition coefficient (Wildman–Crippen LogP) is 2.24. The van der Waals surface area contributed by atoms with E-state index in [-0.39, 0.29) is 12.1 Å². The lowest BCUT2D eigenvalue weighted by Crippen LogP contribution is -2.34. The molecule has 2 aliphatic rings. The summed E-state index contributed by atoms with van der Waals surface area (Å²) in [4.78, 5) is 11.0. The van der Waals surface area contributed by atoms with Crippen LogP contribution in [0.25, 0.3) is 0 Å². The van der Waals surface area contributed by atoms with Crippen molar-refractivity contribution in [2.45, 2.75) is 32.3 Å². The van der Waals surface area contributed by atoms with E-state index in [2.05, 4.69) is 27.3 Å². The zero-order valence-electron chi connectivity index (χ0n) is 8.68. The van der Waals surface area contributed by atoms with Gasteiger partial charge in [-0.3, -0.25) is 4.79 Å². The number of ether oxygens (including phenoxy) is 1. The fourth-order valence-corrected chi connectivity index (χ4v) is 2.67. The maximum atomic E-state index is 11.0. The van der Waals surface area contributed by atoms with Crippen molar-refractivity contribution in [1.82, 2.24) is 5.32 Å². The summed E-state index contributed by atoms with van der Waals surface area (Å²) < 4.78 is 6.45. The van der Waals surface area contributed by atoms with E-state index in [1.54, 1.807) is 0 Å². The van der Waals surface area contributed by atoms with Crippen LogP contribution in [0.5, 0.6) is 0 Å². The van der Waals surface area contributed by atoms with Gasteiger partial charge in [-0.25, -0.2) is 0 Å². The SMILES string of the molecule is CC(=O)OC1CCCC2=C1NCC=C2Br. The van der Waals surface area contributed by atoms with E-state index < -0.39 is 0 Å². The van der Waals surface area contributed by atoms with Crippen molar-refractivity contribution in [2.75, 3.05) is 6.54 Å². The number of carbonyl (C=O) groups is 1. The molecule has 1 N–H and O–H groups in total. The molecular weight excluding hydrogens is 258 g/mol. The van der Waals surface area contributed by atoms with Gasteiger partial charge in [-0.05, 0) is 24.8 Å². The van der Waals surface area contributed by atoms with Crippen LogP contribution in [-0.4, -0.2) is 18.6 Å². The van der Waals surface area contributed by atoms with E-state index in [1.807, 2.05) is 0 Å². The molecule has 0 aromatic rings. The number of allylic oxidation sites excluding steroid dienone is 2. The molecule has 0 saturated heterocycles. The molecular formula is C11H14BrNO2. The van der Waals surface area contributed by atoms with Crippen molar-refractivity contribution in [3.05, 3.63) is 21.8 Å². The number of carbonyl (C=O) groups excluding carboxylic acids is 1. The van der Waals surface area contributed by atoms with Gasteiger partial charge >= 0.3 is 5.97 Å². The third-order valence-electron chi connectivity index (χ3n) is 2.71. The molecule has 0 radical (unpaired) electrons. The van der Waals surface area contributed by atoms with E-state index in [0.29, 0.717) is 0 Å². The Bertz CT molecular complexity index is 346. The normalized spacial score (nSPS) is 25.2. The van der Waals surface area contributed by atoms with Gasteiger partial charge in [-0.1, -0.05) is 22.0 Å². The molecule has 4 heteroatoms. The summed E-state index contributed by atoms with van der Waals surface area (Å²) >= 11 is 3.55. The highest BCUT2D eigenvalue weighted by Gasteiger charge is 2.27. The molecule has 1 aliphatic heterocycles. The average molecular weight is 272 g/mol. The van der Waals surface area contributed by atoms with Gasteiger partial charge in [-0.15, -0.1) is 0 Å². The summed E-state index contributed by atoms with van der Waals surface area (Å²) in [6.45, 7) is 2.26. The third-order valence-corrected chi connectivity index (χ3v) is 3.51. The largest absolute Gasteiger partial charge is 0.456 e. The van der Waals surface area contributed by atoms with Crippen LogP contribution in [0.2, 0.25) is 0 Å². The maximum absolute atomic E-state index is 11.0. The van der Waals surface area contributed by atoms with Gasteiger partial charge in [-0.2, -0.15) is 0 Å². The molecule has 1 aliphatic carbocycles. The van der Waals surface area contributed by atoms with E-state index in [9.17, 15) is 4.79 Å². The lowest BCUT2D eigenvalue weighted by Gasteiger charge is -2.31. The first-order valence-electron chi connectivity index (χ1n) is 5.18. The Labute approximate surface area is 97.7 Å². The monoisotopic (exact) mass is 271 g/mol. The zero-order chi connectivity index (χ0) is 10.8. The first-order chi connectivity index (χ1) is 7.18. The fraction of sp³-hybridized carbons (Fsp3) is 0.545. The van der Waals surface area contributed by atoms with Gasteiger partial charge in [0.1, 0.15) is 6.10 Å². The summed E-state index contributed by atoms with van der Waals surface area (Å²) in [5.41, 5.74) is 2.35. The Balaban J connectivity index is 2.23. The molecule has 82 valence electrons. The Morgan fingerprint density at radius 3 is 3.20 bits per heavy atom. The maximum Gasteiger partial charge on any atom is 0.303 e. The number of dihydropyridines is 1. The standard InChI is InChI=1S/C11H14BrNO2/c1-7(14)15-10-4-2-3-8-9(12)5-6-13-11(8)10/h5,10,13H,2-4,6H2,1H3. The topological polar surface area (TPSA) is 38.3 Å². The molecule has 0 fully saturated rings. The number of rotatable bonds is 1. The molecule has 0 spiro atoms. The Hall–Kier alpha value is -0.770. The van der Waals surface area contributed by atoms with Gasteiger partial charge in [0.25, 0.3) is 0 Å². The molecule has 0 bridgehead atoms. The van der Waals surface area contributed by atoms with E-state index in [1.165, 1.54) is 12.5 Å². The highest BCUT2D eigenvalue weighted by molar-refractivity contribution is 9.12. The van der Waals surface area contributed by atoms with Gasteiger partial charge < -0.3 is 10.1 Å². The van der Waals surface area contributed by atoms with Crippen LogP contribution >= 0.6 is 15.9 Å². The predicted molar refractivity (Wildman–Crippen MR) is 61.4 cm³/mol. The lowest BCUT2D eigenvalue weighted by molar-refractivity contribution is -0.145. The smallest absolute Gasteiger partial charge is 0.303 e. The number of hydrogen-bond acceptors (Lipinski definition) is 3. The first kappa shape index (κ1) is 10.7. The summed E-state index contributed by atoms with van der Waals surface area (Å²) in [5.74, 6) is -0.207. The van der Waals surface area contributed by atoms with Gasteiger partial charge in [0, 0.05) is 18.0 Å². The number of halogens is 1. The number of hydrogen-bond donors (Lipinski definition) is 1. The van der Waals surface area contributed by atoms with Gasteiger partial charge in [0.15, 0.2) is 0 Å². The highest BCUT2D eigenvalue weighted by Crippen LogP contribution is 2.34. The van der Waals surface area contributed by atoms with Crippen molar-refractivity contribution >= 4 is 21.9 Å². The Kier molecular flexibility index (Phi) is 3.14. The minimum Gasteiger partial charge on any atom is -0.456 e. The lowest BCUT2D eigenvalue weighted by atomic mass is 9.92. The van der Waals surface area contributed by atoms with E-state index >= 15 is 0 Å². The minimum absolute atomic E-state index is 0.0764. The van der Waals surface area contributed by atoms with Crippen molar-refractivity contribution in [1.29, 1.82) is 0 Å². The van der Waals surface area contributed by atoms with Gasteiger partial charge in [0.05, 0.1) is 5.70 Å². The molecule has 0 aromatic heterocycles. The summed E-state index contributed by atoms with van der Waals surface area (Å²) in [7, 11) is 0. The number of nitrogens with one attached hydrogen (secondary N) is 1. The molecule has 0 aromatic carbocycles. The Morgan fingerprint density at radius 1 is 1.67 bits per heavy atom. The third kappa shape index (κ3) is 2.25. The summed E-state index contributed by atoms with van der Waals surface area (Å²) in [6, 6.07) is 0. The van der Waals surface area contributed by atoms with Crippen LogP contribution < -0.4 is 5.32 Å². The molecule has 1 unspecified atom stereocenters. The van der Waals surface area contributed by atoms with Crippen LogP contribution in [0.15, 0.2) is 21.8 Å². The van der Waals surface area contributed by atoms with Crippen LogP contribution in [0.3, 0.4) is 0 Å². The van der Waals surface area contributed by atoms with Crippen LogP contribution in [0.4, 0.5) is 0 Å². The molecule has 15 heavy (non-hydrogen) atoms. The molecule has 1 heterocycles. The summed E-state index contributed by atoms with van der Waals surface area (Å²) in [6.07, 6.45) is 5.08. The number of esters is 1. The second kappa shape index (κ2) is 4.39. The second-order valence-electron chi connectivity index (χ2n) is 3.82. The molecule has 2 rings (SSSR count). The first-order valence-corrected chi connectivity index (χ1v) is 5.98. The van der Waals surface area contributed by atoms with Crippen LogP contribution in [0.1, 0.15) is 26.2 Å². The Morgan fingerprint density at radius 2 is 2.47 bits per heavy atom. The van der Waals surface area contributed by atoms with Crippen molar-refractivity contribution in [3.8, 4) is 0 Å². The van der Waals surface area contributed by atoms with Gasteiger partial charge in [0.2, 0.25) is 0 Å². The fourth-order valence-electron chi connectivity index (χ4n) is 2.10. The van der Waals surface area contributed by atoms with Crippen molar-refractivity contribution in [2.24, 2.45) is 0 Å². The molecule has 0 saturated carbocycles. The van der Waals surface area contributed by atoms with Crippen molar-refractivity contribution in [3.63, 3.8) is 0 Å². The average Bonchev–Trinajstić information content (AvgIpc) is 2.19. The van der Waals surface area contributed by atoms with E-state index in [4.69, 9.17) is 4.74 Å². The van der Waals surface area contributed by atoms with Crippen molar-refractivity contribution < 1.29 is 9.53 Å². The van der Waals surface area contributed by atoms with Crippen LogP contribution in [0, 0.1) is 0 Å². The quantitative estimate of drug-likeness (QED) is 0.744. The molecule has 1 atom stereocenters. The van der Waals surface area contributed by atoms with Crippen LogP contribution in [-0.2, 0) is 9.53 Å². The van der Waals surface area contributed by atoms with E-state index in [0.717, 1.165) is 36.0 Å². The molecule has 3 nitrogen and oxygen atoms in total. The second-order valence-corrected chi connectivity index (χ2v) is 4.67. The highest BCUT2D eigenvalue weighted by atomic mass is 79.9. The zero-order valence-corrected chi connectivity index (χ0v) is 10.3. The molecule has 0 amide bonds. The minimum atomic E-state index is -0.207.